The van der Waals surface area contributed by atoms with E-state index in [1.165, 1.54) is 51.5 Å². The molecule has 2 rings (SSSR count). The molecule has 2 aliphatic rings. The van der Waals surface area contributed by atoms with Gasteiger partial charge in [-0.1, -0.05) is 39.5 Å². The van der Waals surface area contributed by atoms with Crippen molar-refractivity contribution in [3.05, 3.63) is 0 Å². The monoisotopic (exact) mass is 209 g/mol. The van der Waals surface area contributed by atoms with Crippen molar-refractivity contribution in [3.63, 3.8) is 0 Å². The number of rotatable bonds is 4. The Balaban J connectivity index is 1.91. The maximum absolute atomic E-state index is 3.80. The average Bonchev–Trinajstić information content (AvgIpc) is 2.43. The average molecular weight is 209 g/mol. The zero-order valence-corrected chi connectivity index (χ0v) is 10.5. The lowest BCUT2D eigenvalue weighted by atomic mass is 9.57. The fourth-order valence-corrected chi connectivity index (χ4v) is 3.95. The predicted octanol–water partition coefficient (Wildman–Crippen LogP) is 3.59. The summed E-state index contributed by atoms with van der Waals surface area (Å²) in [6.07, 6.45) is 10.2. The van der Waals surface area contributed by atoms with Crippen LogP contribution in [0.1, 0.15) is 58.8 Å². The molecule has 1 N–H and O–H groups in total. The summed E-state index contributed by atoms with van der Waals surface area (Å²) in [6.45, 7) is 5.88. The third-order valence-corrected chi connectivity index (χ3v) is 4.70. The van der Waals surface area contributed by atoms with E-state index in [9.17, 15) is 0 Å². The van der Waals surface area contributed by atoms with Crippen molar-refractivity contribution in [2.75, 3.05) is 6.54 Å². The maximum Gasteiger partial charge on any atom is 0.0129 e. The molecule has 0 amide bonds. The molecular weight excluding hydrogens is 182 g/mol. The Bertz CT molecular complexity index is 190. The van der Waals surface area contributed by atoms with Gasteiger partial charge in [-0.15, -0.1) is 0 Å². The minimum atomic E-state index is 0.873. The minimum absolute atomic E-state index is 0.873. The van der Waals surface area contributed by atoms with Gasteiger partial charge in [0.05, 0.1) is 0 Å². The van der Waals surface area contributed by atoms with Gasteiger partial charge < -0.3 is 5.32 Å². The van der Waals surface area contributed by atoms with E-state index in [0.717, 1.165) is 23.8 Å². The molecule has 0 spiro atoms. The summed E-state index contributed by atoms with van der Waals surface area (Å²) in [4.78, 5) is 0. The van der Waals surface area contributed by atoms with Gasteiger partial charge in [0, 0.05) is 6.04 Å². The van der Waals surface area contributed by atoms with Gasteiger partial charge in [-0.25, -0.2) is 0 Å². The van der Waals surface area contributed by atoms with Crippen LogP contribution in [-0.4, -0.2) is 12.6 Å². The fourth-order valence-electron chi connectivity index (χ4n) is 3.95. The summed E-state index contributed by atoms with van der Waals surface area (Å²) in [6, 6.07) is 0.873. The molecule has 2 fully saturated rings. The third-order valence-electron chi connectivity index (χ3n) is 4.70. The summed E-state index contributed by atoms with van der Waals surface area (Å²) in [5.41, 5.74) is 0. The van der Waals surface area contributed by atoms with E-state index in [-0.39, 0.29) is 0 Å². The standard InChI is InChI=1S/C14H27N/c1-3-10-15-14-11(4-2)12-8-6-5-7-9-13(12)14/h11-15H,3-10H2,1-2H3. The molecule has 0 saturated heterocycles. The van der Waals surface area contributed by atoms with Crippen LogP contribution >= 0.6 is 0 Å². The normalized spacial score (nSPS) is 40.4. The molecule has 2 saturated carbocycles. The van der Waals surface area contributed by atoms with Crippen molar-refractivity contribution in [2.24, 2.45) is 17.8 Å². The lowest BCUT2D eigenvalue weighted by Crippen LogP contribution is -2.58. The summed E-state index contributed by atoms with van der Waals surface area (Å²) < 4.78 is 0. The van der Waals surface area contributed by atoms with Crippen molar-refractivity contribution < 1.29 is 0 Å². The van der Waals surface area contributed by atoms with E-state index < -0.39 is 0 Å². The molecule has 1 heteroatoms. The Labute approximate surface area is 95.0 Å². The number of hydrogen-bond donors (Lipinski definition) is 1. The van der Waals surface area contributed by atoms with Crippen LogP contribution in [0, 0.1) is 17.8 Å². The SMILES string of the molecule is CCCNC1C(CC)C2CCCCCC21. The number of fused-ring (bicyclic) bond motifs is 1. The molecule has 0 aromatic rings. The van der Waals surface area contributed by atoms with Crippen LogP contribution in [0.5, 0.6) is 0 Å². The molecule has 0 aromatic heterocycles. The molecule has 0 aliphatic heterocycles. The smallest absolute Gasteiger partial charge is 0.0129 e. The van der Waals surface area contributed by atoms with Gasteiger partial charge >= 0.3 is 0 Å². The van der Waals surface area contributed by atoms with E-state index in [4.69, 9.17) is 0 Å². The predicted molar refractivity (Wildman–Crippen MR) is 65.9 cm³/mol. The van der Waals surface area contributed by atoms with Gasteiger partial charge in [0.1, 0.15) is 0 Å². The first kappa shape index (κ1) is 11.4. The third kappa shape index (κ3) is 2.22. The zero-order chi connectivity index (χ0) is 10.7. The molecule has 0 bridgehead atoms. The lowest BCUT2D eigenvalue weighted by molar-refractivity contribution is 0.00446. The molecule has 4 atom stereocenters. The van der Waals surface area contributed by atoms with Crippen molar-refractivity contribution in [3.8, 4) is 0 Å². The van der Waals surface area contributed by atoms with Gasteiger partial charge in [-0.05, 0) is 43.6 Å². The van der Waals surface area contributed by atoms with Gasteiger partial charge in [0.15, 0.2) is 0 Å². The first-order valence-electron chi connectivity index (χ1n) is 7.11. The molecule has 0 radical (unpaired) electrons. The number of nitrogens with one attached hydrogen (secondary N) is 1. The highest BCUT2D eigenvalue weighted by atomic mass is 15.0. The van der Waals surface area contributed by atoms with Crippen LogP contribution in [0.3, 0.4) is 0 Å². The van der Waals surface area contributed by atoms with Crippen molar-refractivity contribution in [2.45, 2.75) is 64.8 Å². The van der Waals surface area contributed by atoms with Crippen molar-refractivity contribution in [1.82, 2.24) is 5.32 Å². The van der Waals surface area contributed by atoms with Gasteiger partial charge in [0.2, 0.25) is 0 Å². The molecule has 15 heavy (non-hydrogen) atoms. The molecule has 4 unspecified atom stereocenters. The summed E-state index contributed by atoms with van der Waals surface area (Å²) >= 11 is 0. The quantitative estimate of drug-likeness (QED) is 0.746. The lowest BCUT2D eigenvalue weighted by Gasteiger charge is -2.52. The maximum atomic E-state index is 3.80. The highest BCUT2D eigenvalue weighted by Gasteiger charge is 2.48. The Morgan fingerprint density at radius 1 is 1.00 bits per heavy atom. The van der Waals surface area contributed by atoms with Gasteiger partial charge in [0.25, 0.3) is 0 Å². The van der Waals surface area contributed by atoms with Gasteiger partial charge in [-0.3, -0.25) is 0 Å². The van der Waals surface area contributed by atoms with Crippen molar-refractivity contribution >= 4 is 0 Å². The highest BCUT2D eigenvalue weighted by molar-refractivity contribution is 5.01. The topological polar surface area (TPSA) is 12.0 Å². The molecule has 0 aromatic carbocycles. The Hall–Kier alpha value is -0.0400. The molecular formula is C14H27N. The van der Waals surface area contributed by atoms with E-state index in [2.05, 4.69) is 19.2 Å². The Kier molecular flexibility index (Phi) is 4.07. The molecule has 0 heterocycles. The highest BCUT2D eigenvalue weighted by Crippen LogP contribution is 2.49. The van der Waals surface area contributed by atoms with E-state index >= 15 is 0 Å². The number of hydrogen-bond acceptors (Lipinski definition) is 1. The van der Waals surface area contributed by atoms with Crippen LogP contribution in [0.4, 0.5) is 0 Å². The first-order chi connectivity index (χ1) is 7.38. The fraction of sp³-hybridized carbons (Fsp3) is 1.00. The summed E-state index contributed by atoms with van der Waals surface area (Å²) in [5.74, 6) is 3.11. The second-order valence-electron chi connectivity index (χ2n) is 5.52. The van der Waals surface area contributed by atoms with Crippen LogP contribution < -0.4 is 5.32 Å². The second-order valence-corrected chi connectivity index (χ2v) is 5.52. The largest absolute Gasteiger partial charge is 0.313 e. The van der Waals surface area contributed by atoms with Crippen LogP contribution in [-0.2, 0) is 0 Å². The van der Waals surface area contributed by atoms with Crippen molar-refractivity contribution in [1.29, 1.82) is 0 Å². The molecule has 2 aliphatic carbocycles. The van der Waals surface area contributed by atoms with E-state index in [1.807, 2.05) is 0 Å². The zero-order valence-electron chi connectivity index (χ0n) is 10.5. The van der Waals surface area contributed by atoms with Gasteiger partial charge in [-0.2, -0.15) is 0 Å². The summed E-state index contributed by atoms with van der Waals surface area (Å²) in [7, 11) is 0. The Morgan fingerprint density at radius 3 is 2.40 bits per heavy atom. The summed E-state index contributed by atoms with van der Waals surface area (Å²) in [5, 5.41) is 3.80. The first-order valence-corrected chi connectivity index (χ1v) is 7.11. The second kappa shape index (κ2) is 5.34. The Morgan fingerprint density at radius 2 is 1.73 bits per heavy atom. The molecule has 88 valence electrons. The van der Waals surface area contributed by atoms with Crippen LogP contribution in [0.2, 0.25) is 0 Å². The van der Waals surface area contributed by atoms with Crippen LogP contribution in [0.25, 0.3) is 0 Å². The minimum Gasteiger partial charge on any atom is -0.313 e. The van der Waals surface area contributed by atoms with E-state index in [1.54, 1.807) is 0 Å². The van der Waals surface area contributed by atoms with E-state index in [0.29, 0.717) is 0 Å². The molecule has 1 nitrogen and oxygen atoms in total. The van der Waals surface area contributed by atoms with Crippen LogP contribution in [0.15, 0.2) is 0 Å².